The fourth-order valence-electron chi connectivity index (χ4n) is 2.72. The number of nitrogens with one attached hydrogen (secondary N) is 1. The average Bonchev–Trinajstić information content (AvgIpc) is 2.76. The Kier molecular flexibility index (Phi) is 8.33. The topological polar surface area (TPSA) is 59.9 Å². The van der Waals surface area contributed by atoms with Gasteiger partial charge in [-0.2, -0.15) is 5.10 Å². The van der Waals surface area contributed by atoms with Gasteiger partial charge in [-0.15, -0.1) is 0 Å². The van der Waals surface area contributed by atoms with Crippen LogP contribution in [0, 0.1) is 0 Å². The highest BCUT2D eigenvalue weighted by Crippen LogP contribution is 2.22. The van der Waals surface area contributed by atoms with Crippen LogP contribution < -0.4 is 14.9 Å². The highest BCUT2D eigenvalue weighted by atomic mass is 35.5. The van der Waals surface area contributed by atoms with E-state index in [1.807, 2.05) is 61.5 Å². The number of benzene rings is 3. The van der Waals surface area contributed by atoms with Gasteiger partial charge in [-0.05, 0) is 66.6 Å². The maximum Gasteiger partial charge on any atom is 0.244 e. The Bertz CT molecular complexity index is 1040. The number of halogens is 2. The fourth-order valence-corrected chi connectivity index (χ4v) is 3.19. The van der Waals surface area contributed by atoms with Gasteiger partial charge in [-0.1, -0.05) is 41.4 Å². The van der Waals surface area contributed by atoms with Crippen LogP contribution in [0.4, 0.5) is 0 Å². The molecule has 0 aliphatic carbocycles. The normalized spacial score (nSPS) is 10.8. The van der Waals surface area contributed by atoms with Gasteiger partial charge < -0.3 is 9.47 Å². The Labute approximate surface area is 191 Å². The number of carbonyl (C=O) groups excluding carboxylic acids is 1. The molecular formula is C24H22Cl2N2O3. The smallest absolute Gasteiger partial charge is 0.244 e. The van der Waals surface area contributed by atoms with Gasteiger partial charge in [0.15, 0.2) is 0 Å². The highest BCUT2D eigenvalue weighted by molar-refractivity contribution is 6.35. The molecule has 31 heavy (non-hydrogen) atoms. The van der Waals surface area contributed by atoms with Crippen molar-refractivity contribution in [2.24, 2.45) is 5.10 Å². The molecule has 0 radical (unpaired) electrons. The Morgan fingerprint density at radius 3 is 2.32 bits per heavy atom. The summed E-state index contributed by atoms with van der Waals surface area (Å²) < 4.78 is 11.1. The molecule has 0 bridgehead atoms. The summed E-state index contributed by atoms with van der Waals surface area (Å²) >= 11 is 12.1. The fraction of sp³-hybridized carbons (Fsp3) is 0.167. The van der Waals surface area contributed by atoms with E-state index in [4.69, 9.17) is 32.7 Å². The Morgan fingerprint density at radius 1 is 0.968 bits per heavy atom. The van der Waals surface area contributed by atoms with E-state index in [2.05, 4.69) is 10.5 Å². The average molecular weight is 457 g/mol. The van der Waals surface area contributed by atoms with Gasteiger partial charge in [0, 0.05) is 15.6 Å². The van der Waals surface area contributed by atoms with Crippen molar-refractivity contribution in [3.8, 4) is 11.5 Å². The van der Waals surface area contributed by atoms with Crippen molar-refractivity contribution in [2.75, 3.05) is 6.61 Å². The number of amides is 1. The number of nitrogens with zero attached hydrogens (tertiary/aromatic N) is 1. The lowest BCUT2D eigenvalue weighted by atomic mass is 10.1. The second kappa shape index (κ2) is 11.4. The largest absolute Gasteiger partial charge is 0.494 e. The molecule has 3 rings (SSSR count). The molecule has 3 aromatic rings. The predicted molar refractivity (Wildman–Crippen MR) is 124 cm³/mol. The molecule has 7 heteroatoms. The van der Waals surface area contributed by atoms with Crippen LogP contribution in [0.3, 0.4) is 0 Å². The molecule has 0 saturated carbocycles. The first-order valence-corrected chi connectivity index (χ1v) is 10.5. The summed E-state index contributed by atoms with van der Waals surface area (Å²) in [4.78, 5) is 12.0. The second-order valence-corrected chi connectivity index (χ2v) is 7.48. The lowest BCUT2D eigenvalue weighted by Gasteiger charge is -2.08. The molecule has 0 unspecified atom stereocenters. The number of rotatable bonds is 9. The molecule has 0 aliphatic rings. The van der Waals surface area contributed by atoms with E-state index in [1.165, 1.54) is 0 Å². The quantitative estimate of drug-likeness (QED) is 0.333. The zero-order valence-corrected chi connectivity index (χ0v) is 18.5. The molecule has 0 saturated heterocycles. The molecule has 0 heterocycles. The molecule has 3 aromatic carbocycles. The van der Waals surface area contributed by atoms with E-state index in [0.717, 1.165) is 22.4 Å². The van der Waals surface area contributed by atoms with Crippen molar-refractivity contribution in [3.63, 3.8) is 0 Å². The first-order chi connectivity index (χ1) is 15.0. The first-order valence-electron chi connectivity index (χ1n) is 9.74. The molecule has 0 atom stereocenters. The van der Waals surface area contributed by atoms with Gasteiger partial charge in [0.05, 0.1) is 19.2 Å². The molecular weight excluding hydrogens is 435 g/mol. The minimum Gasteiger partial charge on any atom is -0.494 e. The molecule has 0 aromatic heterocycles. The van der Waals surface area contributed by atoms with Crippen LogP contribution in [0.5, 0.6) is 11.5 Å². The summed E-state index contributed by atoms with van der Waals surface area (Å²) in [6, 6.07) is 20.1. The van der Waals surface area contributed by atoms with E-state index in [-0.39, 0.29) is 12.3 Å². The number of hydrogen-bond acceptors (Lipinski definition) is 4. The van der Waals surface area contributed by atoms with Gasteiger partial charge in [-0.3, -0.25) is 4.79 Å². The van der Waals surface area contributed by atoms with Crippen molar-refractivity contribution >= 4 is 35.3 Å². The molecule has 1 N–H and O–H groups in total. The standard InChI is InChI=1S/C24H22Cl2N2O3/c1-2-30-21-9-3-17(4-10-21)13-24(29)28-27-15-18-5-11-22(12-6-18)31-16-19-7-8-20(25)14-23(19)26/h3-12,14-15H,2,13,16H2,1H3,(H,28,29)/b27-15+. The minimum absolute atomic E-state index is 0.194. The summed E-state index contributed by atoms with van der Waals surface area (Å²) in [6.45, 7) is 2.88. The number of ether oxygens (including phenoxy) is 2. The van der Waals surface area contributed by atoms with Crippen molar-refractivity contribution < 1.29 is 14.3 Å². The van der Waals surface area contributed by atoms with E-state index >= 15 is 0 Å². The van der Waals surface area contributed by atoms with Crippen LogP contribution in [0.15, 0.2) is 71.8 Å². The second-order valence-electron chi connectivity index (χ2n) is 6.64. The first kappa shape index (κ1) is 22.7. The minimum atomic E-state index is -0.194. The van der Waals surface area contributed by atoms with Gasteiger partial charge >= 0.3 is 0 Å². The lowest BCUT2D eigenvalue weighted by Crippen LogP contribution is -2.19. The third-order valence-electron chi connectivity index (χ3n) is 4.29. The number of carbonyl (C=O) groups is 1. The molecule has 0 aliphatic heterocycles. The van der Waals surface area contributed by atoms with Gasteiger partial charge in [0.2, 0.25) is 5.91 Å². The van der Waals surface area contributed by atoms with Gasteiger partial charge in [-0.25, -0.2) is 5.43 Å². The van der Waals surface area contributed by atoms with Crippen LogP contribution in [0.1, 0.15) is 23.6 Å². The highest BCUT2D eigenvalue weighted by Gasteiger charge is 2.04. The third-order valence-corrected chi connectivity index (χ3v) is 4.88. The van der Waals surface area contributed by atoms with Gasteiger partial charge in [0.1, 0.15) is 18.1 Å². The van der Waals surface area contributed by atoms with Crippen molar-refractivity contribution in [1.29, 1.82) is 0 Å². The van der Waals surface area contributed by atoms with E-state index < -0.39 is 0 Å². The van der Waals surface area contributed by atoms with Crippen LogP contribution in [-0.2, 0) is 17.8 Å². The van der Waals surface area contributed by atoms with Gasteiger partial charge in [0.25, 0.3) is 0 Å². The molecule has 160 valence electrons. The Morgan fingerprint density at radius 2 is 1.65 bits per heavy atom. The Balaban J connectivity index is 1.46. The monoisotopic (exact) mass is 456 g/mol. The maximum absolute atomic E-state index is 12.0. The van der Waals surface area contributed by atoms with Crippen molar-refractivity contribution in [1.82, 2.24) is 5.43 Å². The summed E-state index contributed by atoms with van der Waals surface area (Å²) in [6.07, 6.45) is 1.82. The third kappa shape index (κ3) is 7.31. The summed E-state index contributed by atoms with van der Waals surface area (Å²) in [5, 5.41) is 5.16. The van der Waals surface area contributed by atoms with Crippen molar-refractivity contribution in [3.05, 3.63) is 93.5 Å². The number of hydrogen-bond donors (Lipinski definition) is 1. The molecule has 5 nitrogen and oxygen atoms in total. The SMILES string of the molecule is CCOc1ccc(CC(=O)N/N=C/c2ccc(OCc3ccc(Cl)cc3Cl)cc2)cc1. The summed E-state index contributed by atoms with van der Waals surface area (Å²) in [5.74, 6) is 1.29. The molecule has 0 fully saturated rings. The summed E-state index contributed by atoms with van der Waals surface area (Å²) in [5.41, 5.74) is 5.11. The van der Waals surface area contributed by atoms with Crippen LogP contribution in [-0.4, -0.2) is 18.7 Å². The zero-order chi connectivity index (χ0) is 22.1. The summed E-state index contributed by atoms with van der Waals surface area (Å²) in [7, 11) is 0. The number of hydrazone groups is 1. The molecule has 0 spiro atoms. The molecule has 1 amide bonds. The van der Waals surface area contributed by atoms with E-state index in [0.29, 0.717) is 29.0 Å². The van der Waals surface area contributed by atoms with Crippen LogP contribution >= 0.6 is 23.2 Å². The zero-order valence-electron chi connectivity index (χ0n) is 17.0. The van der Waals surface area contributed by atoms with Crippen LogP contribution in [0.2, 0.25) is 10.0 Å². The maximum atomic E-state index is 12.0. The van der Waals surface area contributed by atoms with E-state index in [9.17, 15) is 4.79 Å². The lowest BCUT2D eigenvalue weighted by molar-refractivity contribution is -0.120. The predicted octanol–water partition coefficient (Wildman–Crippen LogP) is 5.66. The van der Waals surface area contributed by atoms with E-state index in [1.54, 1.807) is 18.3 Å². The van der Waals surface area contributed by atoms with Crippen LogP contribution in [0.25, 0.3) is 0 Å². The van der Waals surface area contributed by atoms with Crippen molar-refractivity contribution in [2.45, 2.75) is 20.0 Å². The Hall–Kier alpha value is -3.02.